The van der Waals surface area contributed by atoms with Gasteiger partial charge >= 0.3 is 11.3 Å². The molecule has 176 valence electrons. The van der Waals surface area contributed by atoms with Crippen molar-refractivity contribution in [3.63, 3.8) is 0 Å². The van der Waals surface area contributed by atoms with Crippen LogP contribution in [0.5, 0.6) is 34.5 Å². The minimum atomic E-state index is -1.41. The Morgan fingerprint density at radius 2 is 0.971 bits per heavy atom. The lowest BCUT2D eigenvalue weighted by Gasteiger charge is -2.20. The van der Waals surface area contributed by atoms with Crippen molar-refractivity contribution < 1.29 is 39.5 Å². The second-order valence-electron chi connectivity index (χ2n) is 7.77. The lowest BCUT2D eigenvalue weighted by Crippen LogP contribution is -2.21. The minimum Gasteiger partial charge on any atom is -0.507 e. The van der Waals surface area contributed by atoms with Gasteiger partial charge in [-0.05, 0) is 29.8 Å². The fourth-order valence-electron chi connectivity index (χ4n) is 4.11. The van der Waals surface area contributed by atoms with Crippen molar-refractivity contribution in [2.24, 2.45) is 0 Å². The summed E-state index contributed by atoms with van der Waals surface area (Å²) >= 11 is 0. The maximum atomic E-state index is 13.1. The Morgan fingerprint density at radius 3 is 1.40 bits per heavy atom. The van der Waals surface area contributed by atoms with Gasteiger partial charge in [-0.15, -0.1) is 0 Å². The first-order valence-electron chi connectivity index (χ1n) is 10.2. The van der Waals surface area contributed by atoms with Crippen LogP contribution in [0.15, 0.2) is 73.0 Å². The molecule has 0 aliphatic heterocycles. The van der Waals surface area contributed by atoms with Gasteiger partial charge in [0, 0.05) is 0 Å². The molecule has 6 N–H and O–H groups in total. The molecule has 0 unspecified atom stereocenters. The van der Waals surface area contributed by atoms with Crippen molar-refractivity contribution in [2.45, 2.75) is 5.92 Å². The summed E-state index contributed by atoms with van der Waals surface area (Å²) in [7, 11) is 0. The van der Waals surface area contributed by atoms with E-state index >= 15 is 0 Å². The molecule has 0 spiro atoms. The predicted molar refractivity (Wildman–Crippen MR) is 122 cm³/mol. The third-order valence-corrected chi connectivity index (χ3v) is 5.78. The molecule has 5 aromatic rings. The average Bonchev–Trinajstić information content (AvgIpc) is 2.84. The van der Waals surface area contributed by atoms with Crippen LogP contribution in [0.25, 0.3) is 21.9 Å². The van der Waals surface area contributed by atoms with Crippen molar-refractivity contribution in [1.82, 2.24) is 0 Å². The number of phenols is 4. The molecular formula is C25H16O10. The zero-order chi connectivity index (χ0) is 25.0. The Labute approximate surface area is 194 Å². The molecule has 0 fully saturated rings. The Kier molecular flexibility index (Phi) is 4.80. The highest BCUT2D eigenvalue weighted by molar-refractivity contribution is 5.92. The predicted octanol–water partition coefficient (Wildman–Crippen LogP) is 3.31. The van der Waals surface area contributed by atoms with Crippen LogP contribution in [0.2, 0.25) is 0 Å². The van der Waals surface area contributed by atoms with Gasteiger partial charge in [0.05, 0.1) is 27.8 Å². The number of hydrogen-bond donors (Lipinski definition) is 6. The van der Waals surface area contributed by atoms with Crippen LogP contribution in [0.3, 0.4) is 0 Å². The largest absolute Gasteiger partial charge is 0.507 e. The first-order valence-corrected chi connectivity index (χ1v) is 10.2. The van der Waals surface area contributed by atoms with E-state index in [9.17, 15) is 40.2 Å². The summed E-state index contributed by atoms with van der Waals surface area (Å²) in [6.07, 6.45) is 0. The van der Waals surface area contributed by atoms with E-state index in [2.05, 4.69) is 0 Å². The van der Waals surface area contributed by atoms with Crippen LogP contribution in [0.1, 0.15) is 22.6 Å². The van der Waals surface area contributed by atoms with Gasteiger partial charge in [0.2, 0.25) is 11.5 Å². The molecule has 2 heterocycles. The molecular weight excluding hydrogens is 460 g/mol. The van der Waals surface area contributed by atoms with Crippen molar-refractivity contribution in [1.29, 1.82) is 0 Å². The SMILES string of the molecule is O=c1oc2c(O)c(O)ccc2c(O)c1C(c1ccccc1)c1c(O)c2ccc(O)c(O)c2oc1=O. The highest BCUT2D eigenvalue weighted by Gasteiger charge is 2.33. The zero-order valence-electron chi connectivity index (χ0n) is 17.6. The summed E-state index contributed by atoms with van der Waals surface area (Å²) in [5, 5.41) is 61.5. The van der Waals surface area contributed by atoms with Gasteiger partial charge in [-0.25, -0.2) is 9.59 Å². The van der Waals surface area contributed by atoms with E-state index in [0.717, 1.165) is 12.1 Å². The molecule has 0 atom stereocenters. The second kappa shape index (κ2) is 7.73. The quantitative estimate of drug-likeness (QED) is 0.167. The van der Waals surface area contributed by atoms with E-state index in [1.165, 1.54) is 12.1 Å². The third kappa shape index (κ3) is 3.19. The van der Waals surface area contributed by atoms with Gasteiger partial charge < -0.3 is 39.5 Å². The van der Waals surface area contributed by atoms with Gasteiger partial charge in [0.1, 0.15) is 11.5 Å². The molecule has 10 heteroatoms. The molecule has 0 amide bonds. The van der Waals surface area contributed by atoms with Crippen LogP contribution >= 0.6 is 0 Å². The number of hydrogen-bond acceptors (Lipinski definition) is 10. The summed E-state index contributed by atoms with van der Waals surface area (Å²) in [5.41, 5.74) is -3.86. The first-order chi connectivity index (χ1) is 16.7. The molecule has 2 aromatic heterocycles. The van der Waals surface area contributed by atoms with Crippen molar-refractivity contribution >= 4 is 21.9 Å². The van der Waals surface area contributed by atoms with Crippen LogP contribution in [-0.2, 0) is 0 Å². The fourth-order valence-corrected chi connectivity index (χ4v) is 4.11. The molecule has 0 saturated heterocycles. The fraction of sp³-hybridized carbons (Fsp3) is 0.0400. The van der Waals surface area contributed by atoms with Crippen LogP contribution in [0, 0.1) is 0 Å². The molecule has 0 radical (unpaired) electrons. The minimum absolute atomic E-state index is 0.136. The van der Waals surface area contributed by atoms with Crippen LogP contribution in [0.4, 0.5) is 0 Å². The lowest BCUT2D eigenvalue weighted by molar-refractivity contribution is 0.392. The van der Waals surface area contributed by atoms with E-state index < -0.39 is 74.0 Å². The second-order valence-corrected chi connectivity index (χ2v) is 7.77. The van der Waals surface area contributed by atoms with E-state index in [4.69, 9.17) is 8.83 Å². The Balaban J connectivity index is 1.91. The molecule has 0 aliphatic carbocycles. The van der Waals surface area contributed by atoms with Gasteiger partial charge in [-0.3, -0.25) is 0 Å². The molecule has 5 rings (SSSR count). The van der Waals surface area contributed by atoms with Gasteiger partial charge in [0.15, 0.2) is 22.7 Å². The first kappa shape index (κ1) is 21.7. The van der Waals surface area contributed by atoms with Crippen LogP contribution in [-0.4, -0.2) is 30.6 Å². The Morgan fingerprint density at radius 1 is 0.543 bits per heavy atom. The van der Waals surface area contributed by atoms with E-state index in [1.54, 1.807) is 30.3 Å². The topological polar surface area (TPSA) is 182 Å². The Hall–Kier alpha value is -5.12. The molecule has 0 bridgehead atoms. The zero-order valence-corrected chi connectivity index (χ0v) is 17.6. The van der Waals surface area contributed by atoms with Crippen molar-refractivity contribution in [3.05, 3.63) is 92.1 Å². The third-order valence-electron chi connectivity index (χ3n) is 5.78. The monoisotopic (exact) mass is 476 g/mol. The van der Waals surface area contributed by atoms with Crippen LogP contribution < -0.4 is 11.3 Å². The highest BCUT2D eigenvalue weighted by atomic mass is 16.4. The average molecular weight is 476 g/mol. The number of phenolic OH excluding ortho intramolecular Hbond substituents is 4. The van der Waals surface area contributed by atoms with E-state index in [-0.39, 0.29) is 10.8 Å². The molecule has 3 aromatic carbocycles. The van der Waals surface area contributed by atoms with Gasteiger partial charge in [-0.2, -0.15) is 0 Å². The smallest absolute Gasteiger partial charge is 0.344 e. The van der Waals surface area contributed by atoms with E-state index in [1.807, 2.05) is 0 Å². The molecule has 35 heavy (non-hydrogen) atoms. The number of aromatic hydroxyl groups is 6. The van der Waals surface area contributed by atoms with E-state index in [0.29, 0.717) is 5.56 Å². The molecule has 0 saturated carbocycles. The summed E-state index contributed by atoms with van der Waals surface area (Å²) in [6, 6.07) is 12.5. The summed E-state index contributed by atoms with van der Waals surface area (Å²) < 4.78 is 10.4. The molecule has 10 nitrogen and oxygen atoms in total. The van der Waals surface area contributed by atoms with Crippen molar-refractivity contribution in [3.8, 4) is 34.5 Å². The van der Waals surface area contributed by atoms with Gasteiger partial charge in [-0.1, -0.05) is 30.3 Å². The van der Waals surface area contributed by atoms with Gasteiger partial charge in [0.25, 0.3) is 0 Å². The maximum absolute atomic E-state index is 13.1. The Bertz CT molecular complexity index is 1640. The van der Waals surface area contributed by atoms with Crippen molar-refractivity contribution in [2.75, 3.05) is 0 Å². The highest BCUT2D eigenvalue weighted by Crippen LogP contribution is 2.45. The number of fused-ring (bicyclic) bond motifs is 2. The maximum Gasteiger partial charge on any atom is 0.344 e. The summed E-state index contributed by atoms with van der Waals surface area (Å²) in [6.45, 7) is 0. The lowest BCUT2D eigenvalue weighted by atomic mass is 9.84. The number of rotatable bonds is 3. The standard InChI is InChI=1S/C25H16O10/c26-13-8-6-11-18(28)16(24(32)34-22(11)20(13)30)15(10-4-2-1-3-5-10)17-19(29)12-7-9-14(27)21(31)23(12)35-25(17)33/h1-9,15,26-31H. The normalized spacial score (nSPS) is 11.5. The summed E-state index contributed by atoms with van der Waals surface area (Å²) in [4.78, 5) is 26.2. The molecule has 0 aliphatic rings. The summed E-state index contributed by atoms with van der Waals surface area (Å²) in [5.74, 6) is -5.42. The number of benzene rings is 3.